The predicted octanol–water partition coefficient (Wildman–Crippen LogP) is 6.55. The van der Waals surface area contributed by atoms with Gasteiger partial charge in [0, 0.05) is 35.5 Å². The number of alkyl halides is 3. The average Bonchev–Trinajstić information content (AvgIpc) is 3.19. The van der Waals surface area contributed by atoms with Crippen molar-refractivity contribution in [3.63, 3.8) is 0 Å². The highest BCUT2D eigenvalue weighted by Crippen LogP contribution is 2.35. The molecule has 10 heteroatoms. The number of piperidine rings is 1. The number of carbonyl (C=O) groups excluding carboxylic acids is 2. The normalized spacial score (nSPS) is 15.1. The second-order valence-corrected chi connectivity index (χ2v) is 9.85. The van der Waals surface area contributed by atoms with E-state index in [9.17, 15) is 22.8 Å². The summed E-state index contributed by atoms with van der Waals surface area (Å²) < 4.78 is 41.1. The molecule has 0 saturated carbocycles. The van der Waals surface area contributed by atoms with E-state index < -0.39 is 11.7 Å². The third-order valence-corrected chi connectivity index (χ3v) is 7.24. The highest BCUT2D eigenvalue weighted by Gasteiger charge is 2.32. The molecule has 2 heterocycles. The lowest BCUT2D eigenvalue weighted by Crippen LogP contribution is -2.39. The summed E-state index contributed by atoms with van der Waals surface area (Å²) in [5, 5.41) is 5.14. The summed E-state index contributed by atoms with van der Waals surface area (Å²) in [7, 11) is 0. The largest absolute Gasteiger partial charge is 0.416 e. The smallest absolute Gasteiger partial charge is 0.339 e. The summed E-state index contributed by atoms with van der Waals surface area (Å²) in [6.45, 7) is 4.33. The fraction of sp³-hybridized carbons (Fsp3) is 0.400. The number of carbonyl (C=O) groups is 2. The number of halogens is 5. The van der Waals surface area contributed by atoms with E-state index in [1.807, 2.05) is 0 Å². The molecular weight excluding hydrogens is 502 g/mol. The molecule has 1 aliphatic heterocycles. The van der Waals surface area contributed by atoms with Crippen LogP contribution < -0.4 is 0 Å². The summed E-state index contributed by atoms with van der Waals surface area (Å²) in [4.78, 5) is 26.3. The zero-order valence-corrected chi connectivity index (χ0v) is 20.8. The average molecular weight is 526 g/mol. The molecule has 0 spiro atoms. The van der Waals surface area contributed by atoms with Gasteiger partial charge in [-0.2, -0.15) is 18.3 Å². The topological polar surface area (TPSA) is 55.2 Å². The Morgan fingerprint density at radius 2 is 1.83 bits per heavy atom. The molecule has 1 fully saturated rings. The second kappa shape index (κ2) is 9.82. The Bertz CT molecular complexity index is 1300. The Hall–Kier alpha value is -2.58. The summed E-state index contributed by atoms with van der Waals surface area (Å²) >= 11 is 13.1. The number of aryl methyl sites for hydroxylation is 1. The van der Waals surface area contributed by atoms with Crippen molar-refractivity contribution in [2.75, 3.05) is 13.1 Å². The highest BCUT2D eigenvalue weighted by molar-refractivity contribution is 6.38. The number of amides is 1. The molecule has 0 atom stereocenters. The maximum absolute atomic E-state index is 13.2. The van der Waals surface area contributed by atoms with Crippen LogP contribution in [0.15, 0.2) is 30.5 Å². The Balaban J connectivity index is 1.60. The molecule has 4 rings (SSSR count). The molecule has 0 N–H and O–H groups in total. The van der Waals surface area contributed by atoms with Crippen molar-refractivity contribution < 1.29 is 22.8 Å². The van der Waals surface area contributed by atoms with Gasteiger partial charge in [-0.3, -0.25) is 9.48 Å². The van der Waals surface area contributed by atoms with E-state index in [1.54, 1.807) is 35.6 Å². The van der Waals surface area contributed by atoms with Gasteiger partial charge in [0.1, 0.15) is 5.78 Å². The van der Waals surface area contributed by atoms with Crippen LogP contribution in [0.25, 0.3) is 10.9 Å². The molecule has 2 aromatic carbocycles. The number of hydrogen-bond donors (Lipinski definition) is 0. The highest BCUT2D eigenvalue weighted by atomic mass is 35.5. The first kappa shape index (κ1) is 25.5. The van der Waals surface area contributed by atoms with E-state index >= 15 is 0 Å². The van der Waals surface area contributed by atoms with Crippen molar-refractivity contribution >= 4 is 45.8 Å². The number of ketones is 1. The SMILES string of the molecule is CC(=O)CC1CCN(C(=O)c2ccc(Cl)c(Cn3ncc4cc(C(F)(F)F)cc(C)c43)c2Cl)CC1. The first-order valence-electron chi connectivity index (χ1n) is 11.2. The van der Waals surface area contributed by atoms with Crippen LogP contribution in [0, 0.1) is 12.8 Å². The minimum absolute atomic E-state index is 0.0924. The maximum atomic E-state index is 13.2. The minimum atomic E-state index is -4.46. The van der Waals surface area contributed by atoms with Crippen molar-refractivity contribution in [1.82, 2.24) is 14.7 Å². The maximum Gasteiger partial charge on any atom is 0.416 e. The number of likely N-dealkylation sites (tertiary alicyclic amines) is 1. The Morgan fingerprint density at radius 3 is 2.46 bits per heavy atom. The van der Waals surface area contributed by atoms with Gasteiger partial charge in [-0.15, -0.1) is 0 Å². The van der Waals surface area contributed by atoms with E-state index in [-0.39, 0.29) is 29.2 Å². The third-order valence-electron chi connectivity index (χ3n) is 6.45. The number of rotatable bonds is 5. The van der Waals surface area contributed by atoms with Crippen molar-refractivity contribution in [3.05, 3.63) is 62.8 Å². The van der Waals surface area contributed by atoms with Crippen LogP contribution in [0.2, 0.25) is 10.0 Å². The zero-order valence-electron chi connectivity index (χ0n) is 19.3. The Kier molecular flexibility index (Phi) is 7.16. The Labute approximate surface area is 210 Å². The number of fused-ring (bicyclic) bond motifs is 1. The van der Waals surface area contributed by atoms with Gasteiger partial charge in [0.15, 0.2) is 0 Å². The van der Waals surface area contributed by atoms with Gasteiger partial charge in [-0.25, -0.2) is 0 Å². The van der Waals surface area contributed by atoms with Crippen LogP contribution in [0.4, 0.5) is 13.2 Å². The molecule has 186 valence electrons. The third kappa shape index (κ3) is 5.33. The van der Waals surface area contributed by atoms with Crippen LogP contribution in [-0.4, -0.2) is 39.5 Å². The molecule has 1 aliphatic rings. The van der Waals surface area contributed by atoms with Gasteiger partial charge in [0.05, 0.1) is 34.4 Å². The van der Waals surface area contributed by atoms with Crippen LogP contribution >= 0.6 is 23.2 Å². The standard InChI is InChI=1S/C25H24Cl2F3N3O2/c1-14-9-18(25(28,29)30)11-17-12-31-33(23(14)17)13-20-21(26)4-3-19(22(20)27)24(35)32-7-5-16(6-8-32)10-15(2)34/h3-4,9,11-12,16H,5-8,10,13H2,1-2H3. The van der Waals surface area contributed by atoms with Gasteiger partial charge >= 0.3 is 6.18 Å². The number of Topliss-reactive ketones (excluding diaryl/α,β-unsaturated/α-hetero) is 1. The lowest BCUT2D eigenvalue weighted by atomic mass is 9.91. The van der Waals surface area contributed by atoms with Gasteiger partial charge < -0.3 is 9.69 Å². The Morgan fingerprint density at radius 1 is 1.14 bits per heavy atom. The van der Waals surface area contributed by atoms with Gasteiger partial charge in [0.25, 0.3) is 5.91 Å². The van der Waals surface area contributed by atoms with Crippen LogP contribution in [0.3, 0.4) is 0 Å². The van der Waals surface area contributed by atoms with Gasteiger partial charge in [-0.05, 0) is 62.4 Å². The van der Waals surface area contributed by atoms with Crippen LogP contribution in [0.1, 0.15) is 53.2 Å². The molecule has 0 aliphatic carbocycles. The summed E-state index contributed by atoms with van der Waals surface area (Å²) in [6.07, 6.45) is -1.05. The van der Waals surface area contributed by atoms with Crippen LogP contribution in [0.5, 0.6) is 0 Å². The fourth-order valence-electron chi connectivity index (χ4n) is 4.71. The predicted molar refractivity (Wildman–Crippen MR) is 129 cm³/mol. The first-order valence-corrected chi connectivity index (χ1v) is 12.0. The summed E-state index contributed by atoms with van der Waals surface area (Å²) in [5.41, 5.74) is 0.992. The van der Waals surface area contributed by atoms with E-state index in [1.165, 1.54) is 6.20 Å². The number of aromatic nitrogens is 2. The molecule has 0 radical (unpaired) electrons. The summed E-state index contributed by atoms with van der Waals surface area (Å²) in [6, 6.07) is 5.32. The first-order chi connectivity index (χ1) is 16.5. The van der Waals surface area contributed by atoms with E-state index in [2.05, 4.69) is 5.10 Å². The van der Waals surface area contributed by atoms with Crippen molar-refractivity contribution in [1.29, 1.82) is 0 Å². The quantitative estimate of drug-likeness (QED) is 0.379. The van der Waals surface area contributed by atoms with E-state index in [4.69, 9.17) is 23.2 Å². The molecule has 3 aromatic rings. The lowest BCUT2D eigenvalue weighted by Gasteiger charge is -2.32. The molecular formula is C25H24Cl2F3N3O2. The van der Waals surface area contributed by atoms with E-state index in [0.29, 0.717) is 52.1 Å². The van der Waals surface area contributed by atoms with Gasteiger partial charge in [-0.1, -0.05) is 23.2 Å². The minimum Gasteiger partial charge on any atom is -0.339 e. The summed E-state index contributed by atoms with van der Waals surface area (Å²) in [5.74, 6) is 0.212. The van der Waals surface area contributed by atoms with E-state index in [0.717, 1.165) is 25.0 Å². The zero-order chi connectivity index (χ0) is 25.5. The van der Waals surface area contributed by atoms with Crippen molar-refractivity contribution in [2.24, 2.45) is 5.92 Å². The number of nitrogens with zero attached hydrogens (tertiary/aromatic N) is 3. The molecule has 5 nitrogen and oxygen atoms in total. The fourth-order valence-corrected chi connectivity index (χ4v) is 5.28. The molecule has 35 heavy (non-hydrogen) atoms. The van der Waals surface area contributed by atoms with Crippen LogP contribution in [-0.2, 0) is 17.5 Å². The van der Waals surface area contributed by atoms with Crippen molar-refractivity contribution in [3.8, 4) is 0 Å². The monoisotopic (exact) mass is 525 g/mol. The molecule has 1 saturated heterocycles. The molecule has 1 amide bonds. The van der Waals surface area contributed by atoms with Gasteiger partial charge in [0.2, 0.25) is 0 Å². The molecule has 1 aromatic heterocycles. The lowest BCUT2D eigenvalue weighted by molar-refractivity contribution is -0.137. The second-order valence-electron chi connectivity index (χ2n) is 9.06. The number of hydrogen-bond acceptors (Lipinski definition) is 3. The molecule has 0 bridgehead atoms. The van der Waals surface area contributed by atoms with Crippen molar-refractivity contribution in [2.45, 2.75) is 45.8 Å². The molecule has 0 unspecified atom stereocenters. The number of benzene rings is 2.